The fourth-order valence-electron chi connectivity index (χ4n) is 1.94. The molecule has 0 N–H and O–H groups in total. The summed E-state index contributed by atoms with van der Waals surface area (Å²) in [5.74, 6) is -0.168. The van der Waals surface area contributed by atoms with Crippen LogP contribution in [-0.2, 0) is 6.54 Å². The average molecular weight is 431 g/mol. The van der Waals surface area contributed by atoms with Gasteiger partial charge in [0, 0.05) is 39.9 Å². The van der Waals surface area contributed by atoms with Crippen LogP contribution in [-0.4, -0.2) is 22.8 Å². The molecule has 0 heterocycles. The quantitative estimate of drug-likeness (QED) is 0.416. The molecule has 1 amide bonds. The Bertz CT molecular complexity index is 719. The Balaban J connectivity index is 2.19. The molecule has 0 saturated carbocycles. The molecular weight excluding hydrogens is 419 g/mol. The van der Waals surface area contributed by atoms with Gasteiger partial charge in [-0.15, -0.1) is 0 Å². The number of hydrogen-bond acceptors (Lipinski definition) is 3. The Morgan fingerprint density at radius 2 is 1.91 bits per heavy atom. The molecule has 0 unspecified atom stereocenters. The molecule has 0 aliphatic rings. The summed E-state index contributed by atoms with van der Waals surface area (Å²) in [7, 11) is 1.63. The molecule has 0 aliphatic heterocycles. The molecule has 0 fully saturated rings. The zero-order chi connectivity index (χ0) is 16.3. The van der Waals surface area contributed by atoms with E-state index in [1.54, 1.807) is 19.2 Å². The van der Waals surface area contributed by atoms with Crippen LogP contribution in [0.1, 0.15) is 15.9 Å². The van der Waals surface area contributed by atoms with E-state index in [-0.39, 0.29) is 18.1 Å². The number of nitro groups is 1. The first-order chi connectivity index (χ1) is 10.4. The van der Waals surface area contributed by atoms with Crippen molar-refractivity contribution < 1.29 is 9.72 Å². The van der Waals surface area contributed by atoms with Gasteiger partial charge in [-0.05, 0) is 58.5 Å². The lowest BCUT2D eigenvalue weighted by molar-refractivity contribution is -0.384. The van der Waals surface area contributed by atoms with E-state index < -0.39 is 4.92 Å². The number of benzene rings is 2. The van der Waals surface area contributed by atoms with E-state index in [4.69, 9.17) is 11.6 Å². The predicted molar refractivity (Wildman–Crippen MR) is 93.1 cm³/mol. The highest BCUT2D eigenvalue weighted by molar-refractivity contribution is 14.1. The SMILES string of the molecule is CN(Cc1cc([N+](=O)[O-])ccc1Cl)C(=O)c1ccc(I)cc1. The van der Waals surface area contributed by atoms with Crippen LogP contribution in [0.25, 0.3) is 0 Å². The van der Waals surface area contributed by atoms with Gasteiger partial charge in [0.15, 0.2) is 0 Å². The maximum atomic E-state index is 12.3. The van der Waals surface area contributed by atoms with Crippen molar-refractivity contribution in [1.82, 2.24) is 4.90 Å². The van der Waals surface area contributed by atoms with Gasteiger partial charge >= 0.3 is 0 Å². The topological polar surface area (TPSA) is 63.4 Å². The number of halogens is 2. The molecule has 2 aromatic rings. The first-order valence-electron chi connectivity index (χ1n) is 6.32. The molecular formula is C15H12ClIN2O3. The third-order valence-electron chi connectivity index (χ3n) is 3.09. The molecule has 0 aromatic heterocycles. The van der Waals surface area contributed by atoms with Crippen LogP contribution >= 0.6 is 34.2 Å². The summed E-state index contributed by atoms with van der Waals surface area (Å²) < 4.78 is 1.04. The minimum atomic E-state index is -0.485. The van der Waals surface area contributed by atoms with Crippen LogP contribution in [0.5, 0.6) is 0 Å². The Morgan fingerprint density at radius 1 is 1.27 bits per heavy atom. The molecule has 7 heteroatoms. The number of amides is 1. The van der Waals surface area contributed by atoms with E-state index in [9.17, 15) is 14.9 Å². The van der Waals surface area contributed by atoms with Crippen molar-refractivity contribution in [3.63, 3.8) is 0 Å². The largest absolute Gasteiger partial charge is 0.337 e. The summed E-state index contributed by atoms with van der Waals surface area (Å²) in [6, 6.07) is 11.4. The van der Waals surface area contributed by atoms with Crippen LogP contribution in [0.4, 0.5) is 5.69 Å². The summed E-state index contributed by atoms with van der Waals surface area (Å²) in [5.41, 5.74) is 1.05. The van der Waals surface area contributed by atoms with Gasteiger partial charge in [0.05, 0.1) is 4.92 Å². The molecule has 0 atom stereocenters. The third kappa shape index (κ3) is 3.95. The molecule has 0 bridgehead atoms. The number of non-ortho nitro benzene ring substituents is 1. The zero-order valence-electron chi connectivity index (χ0n) is 11.6. The number of nitro benzene ring substituents is 1. The maximum Gasteiger partial charge on any atom is 0.269 e. The zero-order valence-corrected chi connectivity index (χ0v) is 14.5. The smallest absolute Gasteiger partial charge is 0.269 e. The Morgan fingerprint density at radius 3 is 2.50 bits per heavy atom. The second-order valence-corrected chi connectivity index (χ2v) is 6.35. The van der Waals surface area contributed by atoms with Gasteiger partial charge in [-0.25, -0.2) is 0 Å². The van der Waals surface area contributed by atoms with Gasteiger partial charge in [0.25, 0.3) is 11.6 Å². The van der Waals surface area contributed by atoms with Gasteiger partial charge in [-0.1, -0.05) is 11.6 Å². The van der Waals surface area contributed by atoms with E-state index in [0.29, 0.717) is 16.1 Å². The number of nitrogens with zero attached hydrogens (tertiary/aromatic N) is 2. The maximum absolute atomic E-state index is 12.3. The summed E-state index contributed by atoms with van der Waals surface area (Å²) >= 11 is 8.22. The van der Waals surface area contributed by atoms with Gasteiger partial charge < -0.3 is 4.90 Å². The lowest BCUT2D eigenvalue weighted by Gasteiger charge is -2.18. The summed E-state index contributed by atoms with van der Waals surface area (Å²) in [6.07, 6.45) is 0. The highest BCUT2D eigenvalue weighted by Crippen LogP contribution is 2.23. The second-order valence-electron chi connectivity index (χ2n) is 4.70. The number of hydrogen-bond donors (Lipinski definition) is 0. The Kier molecular flexibility index (Phi) is 5.36. The Labute approximate surface area is 146 Å². The van der Waals surface area contributed by atoms with Crippen LogP contribution in [0, 0.1) is 13.7 Å². The summed E-state index contributed by atoms with van der Waals surface area (Å²) in [6.45, 7) is 0.200. The minimum absolute atomic E-state index is 0.0467. The minimum Gasteiger partial charge on any atom is -0.337 e. The van der Waals surface area contributed by atoms with Crippen molar-refractivity contribution in [2.24, 2.45) is 0 Å². The van der Waals surface area contributed by atoms with Crippen molar-refractivity contribution >= 4 is 45.8 Å². The fraction of sp³-hybridized carbons (Fsp3) is 0.133. The highest BCUT2D eigenvalue weighted by atomic mass is 127. The summed E-state index contributed by atoms with van der Waals surface area (Å²) in [4.78, 5) is 24.1. The highest BCUT2D eigenvalue weighted by Gasteiger charge is 2.16. The Hall–Kier alpha value is -1.67. The number of carbonyl (C=O) groups excluding carboxylic acids is 1. The van der Waals surface area contributed by atoms with E-state index in [2.05, 4.69) is 22.6 Å². The van der Waals surface area contributed by atoms with Gasteiger partial charge in [0.2, 0.25) is 0 Å². The molecule has 2 aromatic carbocycles. The van der Waals surface area contributed by atoms with Gasteiger partial charge in [-0.3, -0.25) is 14.9 Å². The first kappa shape index (κ1) is 16.7. The fourth-order valence-corrected chi connectivity index (χ4v) is 2.47. The predicted octanol–water partition coefficient (Wildman–Crippen LogP) is 4.13. The molecule has 0 aliphatic carbocycles. The molecule has 5 nitrogen and oxygen atoms in total. The van der Waals surface area contributed by atoms with E-state index >= 15 is 0 Å². The van der Waals surface area contributed by atoms with E-state index in [1.165, 1.54) is 23.1 Å². The monoisotopic (exact) mass is 430 g/mol. The molecule has 0 saturated heterocycles. The average Bonchev–Trinajstić information content (AvgIpc) is 2.49. The first-order valence-corrected chi connectivity index (χ1v) is 7.78. The van der Waals surface area contributed by atoms with Crippen molar-refractivity contribution in [3.05, 3.63) is 72.3 Å². The molecule has 114 valence electrons. The molecule has 0 radical (unpaired) electrons. The summed E-state index contributed by atoms with van der Waals surface area (Å²) in [5, 5.41) is 11.2. The number of rotatable bonds is 4. The van der Waals surface area contributed by atoms with Crippen molar-refractivity contribution in [2.75, 3.05) is 7.05 Å². The van der Waals surface area contributed by atoms with Crippen molar-refractivity contribution in [3.8, 4) is 0 Å². The lowest BCUT2D eigenvalue weighted by atomic mass is 10.1. The van der Waals surface area contributed by atoms with Crippen molar-refractivity contribution in [1.29, 1.82) is 0 Å². The molecule has 0 spiro atoms. The van der Waals surface area contributed by atoms with Crippen LogP contribution in [0.2, 0.25) is 5.02 Å². The molecule has 22 heavy (non-hydrogen) atoms. The van der Waals surface area contributed by atoms with Crippen molar-refractivity contribution in [2.45, 2.75) is 6.54 Å². The normalized spacial score (nSPS) is 10.3. The van der Waals surface area contributed by atoms with Gasteiger partial charge in [0.1, 0.15) is 0 Å². The van der Waals surface area contributed by atoms with E-state index in [1.807, 2.05) is 12.1 Å². The van der Waals surface area contributed by atoms with Crippen LogP contribution in [0.3, 0.4) is 0 Å². The van der Waals surface area contributed by atoms with Gasteiger partial charge in [-0.2, -0.15) is 0 Å². The lowest BCUT2D eigenvalue weighted by Crippen LogP contribution is -2.26. The standard InChI is InChI=1S/C15H12ClIN2O3/c1-18(15(20)10-2-4-12(17)5-3-10)9-11-8-13(19(21)22)6-7-14(11)16/h2-8H,9H2,1H3. The van der Waals surface area contributed by atoms with E-state index in [0.717, 1.165) is 3.57 Å². The second kappa shape index (κ2) is 7.06. The van der Waals surface area contributed by atoms with Crippen LogP contribution < -0.4 is 0 Å². The third-order valence-corrected chi connectivity index (χ3v) is 4.17. The molecule has 2 rings (SSSR count). The van der Waals surface area contributed by atoms with Crippen LogP contribution in [0.15, 0.2) is 42.5 Å². The number of carbonyl (C=O) groups is 1.